The average molecular weight is 145 g/mol. The molecule has 0 unspecified atom stereocenters. The minimum absolute atomic E-state index is 0.782. The lowest BCUT2D eigenvalue weighted by molar-refractivity contribution is 0.0260. The second-order valence-electron chi connectivity index (χ2n) is 1.81. The molecule has 0 atom stereocenters. The monoisotopic (exact) mass is 145 g/mol. The normalized spacial score (nSPS) is 21.3. The average Bonchev–Trinajstić information content (AvgIpc) is 1.91. The van der Waals surface area contributed by atoms with Gasteiger partial charge in [0.05, 0.1) is 13.2 Å². The maximum atomic E-state index is 5.10. The largest absolute Gasteiger partial charge is 0.379 e. The van der Waals surface area contributed by atoms with Gasteiger partial charge in [-0.2, -0.15) is 0 Å². The fraction of sp³-hybridized carbons (Fsp3) is 0.800. The number of morpholine rings is 1. The number of ether oxygens (including phenoxy) is 1. The molecule has 3 nitrogen and oxygen atoms in total. The van der Waals surface area contributed by atoms with Crippen LogP contribution in [0.25, 0.3) is 0 Å². The Morgan fingerprint density at radius 2 is 2.11 bits per heavy atom. The Morgan fingerprint density at radius 1 is 1.44 bits per heavy atom. The molecule has 1 N–H and O–H groups in total. The first-order valence-corrected chi connectivity index (χ1v) is 3.30. The number of hydrazine groups is 1. The van der Waals surface area contributed by atoms with E-state index in [1.165, 1.54) is 0 Å². The molecule has 51 valence electrons. The predicted octanol–water partition coefficient (Wildman–Crippen LogP) is -0.343. The molecule has 0 spiro atoms. The Hall–Kier alpha value is -0.190. The highest BCUT2D eigenvalue weighted by atomic mass is 32.1. The van der Waals surface area contributed by atoms with Gasteiger partial charge in [-0.05, 0) is 0 Å². The number of nitrogens with one attached hydrogen (secondary N) is 1. The molecule has 0 aromatic rings. The Balaban J connectivity index is 2.15. The van der Waals surface area contributed by atoms with Crippen LogP contribution in [0.15, 0.2) is 0 Å². The summed E-state index contributed by atoms with van der Waals surface area (Å²) in [7, 11) is 0. The first-order chi connectivity index (χ1) is 4.43. The first kappa shape index (κ1) is 6.92. The summed E-state index contributed by atoms with van der Waals surface area (Å²) in [6.45, 7) is 3.35. The highest BCUT2D eigenvalue weighted by molar-refractivity contribution is 7.78. The van der Waals surface area contributed by atoms with Crippen LogP contribution in [-0.2, 0) is 4.74 Å². The third-order valence-electron chi connectivity index (χ3n) is 1.21. The molecule has 1 rings (SSSR count). The zero-order valence-electron chi connectivity index (χ0n) is 5.09. The van der Waals surface area contributed by atoms with Crippen LogP contribution in [0.1, 0.15) is 0 Å². The molecular formula is C5H9N2OS. The molecule has 0 bridgehead atoms. The van der Waals surface area contributed by atoms with Gasteiger partial charge in [0.1, 0.15) is 5.49 Å². The van der Waals surface area contributed by atoms with E-state index in [2.05, 4.69) is 23.1 Å². The SMILES string of the molecule is S=[C]NN1CCOCC1. The zero-order chi connectivity index (χ0) is 6.53. The fourth-order valence-electron chi connectivity index (χ4n) is 0.740. The quantitative estimate of drug-likeness (QED) is 0.424. The van der Waals surface area contributed by atoms with Crippen LogP contribution in [0, 0.1) is 0 Å². The maximum absolute atomic E-state index is 5.10. The summed E-state index contributed by atoms with van der Waals surface area (Å²) in [6, 6.07) is 0. The second-order valence-corrected chi connectivity index (χ2v) is 2.02. The van der Waals surface area contributed by atoms with Crippen LogP contribution < -0.4 is 5.43 Å². The van der Waals surface area contributed by atoms with Crippen LogP contribution in [0.2, 0.25) is 0 Å². The number of nitrogens with zero attached hydrogens (tertiary/aromatic N) is 1. The summed E-state index contributed by atoms with van der Waals surface area (Å²) in [5.74, 6) is 0. The van der Waals surface area contributed by atoms with Crippen LogP contribution >= 0.6 is 12.2 Å². The summed E-state index contributed by atoms with van der Waals surface area (Å²) in [5.41, 5.74) is 5.24. The van der Waals surface area contributed by atoms with Crippen molar-refractivity contribution in [3.63, 3.8) is 0 Å². The molecule has 0 amide bonds. The van der Waals surface area contributed by atoms with Gasteiger partial charge in [-0.25, -0.2) is 5.01 Å². The summed E-state index contributed by atoms with van der Waals surface area (Å²) in [4.78, 5) is 0. The van der Waals surface area contributed by atoms with E-state index in [4.69, 9.17) is 4.74 Å². The molecule has 0 aromatic carbocycles. The first-order valence-electron chi connectivity index (χ1n) is 2.89. The van der Waals surface area contributed by atoms with E-state index >= 15 is 0 Å². The smallest absolute Gasteiger partial charge is 0.149 e. The maximum Gasteiger partial charge on any atom is 0.149 e. The minimum atomic E-state index is 0.782. The topological polar surface area (TPSA) is 24.5 Å². The highest BCUT2D eigenvalue weighted by Crippen LogP contribution is 1.90. The highest BCUT2D eigenvalue weighted by Gasteiger charge is 2.06. The lowest BCUT2D eigenvalue weighted by atomic mass is 10.5. The predicted molar refractivity (Wildman–Crippen MR) is 38.1 cm³/mol. The van der Waals surface area contributed by atoms with Crippen molar-refractivity contribution in [2.75, 3.05) is 26.3 Å². The molecule has 0 aliphatic carbocycles. The van der Waals surface area contributed by atoms with E-state index in [-0.39, 0.29) is 0 Å². The third kappa shape index (κ3) is 2.26. The molecule has 1 aliphatic rings. The van der Waals surface area contributed by atoms with Gasteiger partial charge in [0.2, 0.25) is 0 Å². The van der Waals surface area contributed by atoms with E-state index in [0.717, 1.165) is 26.3 Å². The van der Waals surface area contributed by atoms with Crippen LogP contribution in [-0.4, -0.2) is 36.8 Å². The van der Waals surface area contributed by atoms with Gasteiger partial charge in [-0.15, -0.1) is 0 Å². The van der Waals surface area contributed by atoms with Gasteiger partial charge in [-0.1, -0.05) is 12.2 Å². The zero-order valence-corrected chi connectivity index (χ0v) is 5.91. The lowest BCUT2D eigenvalue weighted by Gasteiger charge is -2.25. The van der Waals surface area contributed by atoms with Crippen molar-refractivity contribution in [1.82, 2.24) is 10.4 Å². The molecule has 1 aliphatic heterocycles. The Kier molecular flexibility index (Phi) is 2.90. The van der Waals surface area contributed by atoms with E-state index in [0.29, 0.717) is 0 Å². The van der Waals surface area contributed by atoms with Crippen LogP contribution in [0.5, 0.6) is 0 Å². The van der Waals surface area contributed by atoms with Crippen LogP contribution in [0.3, 0.4) is 0 Å². The van der Waals surface area contributed by atoms with Crippen molar-refractivity contribution in [2.24, 2.45) is 0 Å². The summed E-state index contributed by atoms with van der Waals surface area (Å²) in [5, 5.41) is 1.98. The molecule has 4 heteroatoms. The second kappa shape index (κ2) is 3.76. The molecule has 1 radical (unpaired) electrons. The lowest BCUT2D eigenvalue weighted by Crippen LogP contribution is -2.44. The molecule has 1 heterocycles. The van der Waals surface area contributed by atoms with Gasteiger partial charge >= 0.3 is 0 Å². The van der Waals surface area contributed by atoms with Gasteiger partial charge in [0.15, 0.2) is 0 Å². The Morgan fingerprint density at radius 3 is 2.67 bits per heavy atom. The molecule has 0 saturated carbocycles. The van der Waals surface area contributed by atoms with E-state index < -0.39 is 0 Å². The van der Waals surface area contributed by atoms with Crippen molar-refractivity contribution >= 4 is 17.7 Å². The molecule has 9 heavy (non-hydrogen) atoms. The van der Waals surface area contributed by atoms with Crippen molar-refractivity contribution in [3.05, 3.63) is 0 Å². The molecular weight excluding hydrogens is 136 g/mol. The third-order valence-corrected chi connectivity index (χ3v) is 1.31. The van der Waals surface area contributed by atoms with E-state index in [1.807, 2.05) is 5.01 Å². The Bertz CT molecular complexity index is 93.0. The fourth-order valence-corrected chi connectivity index (χ4v) is 0.869. The number of hydrogen-bond acceptors (Lipinski definition) is 3. The molecule has 1 saturated heterocycles. The standard InChI is InChI=1S/C5H9N2OS/c9-5-6-7-1-3-8-4-2-7/h1-4H2,(H,6,9). The summed E-state index contributed by atoms with van der Waals surface area (Å²) in [6.07, 6.45) is 0. The van der Waals surface area contributed by atoms with Crippen molar-refractivity contribution in [1.29, 1.82) is 0 Å². The van der Waals surface area contributed by atoms with Crippen molar-refractivity contribution in [3.8, 4) is 0 Å². The van der Waals surface area contributed by atoms with Gasteiger partial charge in [0.25, 0.3) is 0 Å². The van der Waals surface area contributed by atoms with Gasteiger partial charge < -0.3 is 10.2 Å². The van der Waals surface area contributed by atoms with Crippen LogP contribution in [0.4, 0.5) is 0 Å². The van der Waals surface area contributed by atoms with E-state index in [1.54, 1.807) is 0 Å². The summed E-state index contributed by atoms with van der Waals surface area (Å²) < 4.78 is 5.10. The van der Waals surface area contributed by atoms with Gasteiger partial charge in [-0.3, -0.25) is 0 Å². The van der Waals surface area contributed by atoms with E-state index in [9.17, 15) is 0 Å². The number of thiocarbonyl (C=S) groups is 1. The Labute approximate surface area is 59.9 Å². The van der Waals surface area contributed by atoms with Crippen molar-refractivity contribution in [2.45, 2.75) is 0 Å². The molecule has 1 fully saturated rings. The minimum Gasteiger partial charge on any atom is -0.379 e. The van der Waals surface area contributed by atoms with Gasteiger partial charge in [0, 0.05) is 13.1 Å². The number of hydrogen-bond donors (Lipinski definition) is 1. The summed E-state index contributed by atoms with van der Waals surface area (Å²) >= 11 is 4.49. The number of rotatable bonds is 2. The van der Waals surface area contributed by atoms with Crippen molar-refractivity contribution < 1.29 is 4.74 Å². The molecule has 0 aromatic heterocycles.